The predicted molar refractivity (Wildman–Crippen MR) is 77.5 cm³/mol. The molecule has 6 N–H and O–H groups in total. The zero-order chi connectivity index (χ0) is 16.4. The molecule has 0 radical (unpaired) electrons. The second kappa shape index (κ2) is 6.10. The van der Waals surface area contributed by atoms with Crippen LogP contribution in [0.1, 0.15) is 11.1 Å². The van der Waals surface area contributed by atoms with Gasteiger partial charge in [0.2, 0.25) is 21.8 Å². The summed E-state index contributed by atoms with van der Waals surface area (Å²) in [6.07, 6.45) is 0. The molecule has 21 heavy (non-hydrogen) atoms. The van der Waals surface area contributed by atoms with Crippen LogP contribution in [0.5, 0.6) is 0 Å². The van der Waals surface area contributed by atoms with Crippen molar-refractivity contribution in [1.29, 1.82) is 0 Å². The molecule has 0 saturated carbocycles. The average molecular weight is 314 g/mol. The zero-order valence-corrected chi connectivity index (χ0v) is 12.6. The summed E-state index contributed by atoms with van der Waals surface area (Å²) in [5.74, 6) is -1.78. The third-order valence-corrected chi connectivity index (χ3v) is 4.74. The Morgan fingerprint density at radius 2 is 1.57 bits per heavy atom. The molecule has 0 unspecified atom stereocenters. The van der Waals surface area contributed by atoms with E-state index < -0.39 is 34.9 Å². The van der Waals surface area contributed by atoms with Gasteiger partial charge in [-0.15, -0.1) is 0 Å². The van der Waals surface area contributed by atoms with E-state index in [-0.39, 0.29) is 4.90 Å². The first-order valence-electron chi connectivity index (χ1n) is 5.99. The Hall–Kier alpha value is -2.13. The molecule has 0 aliphatic carbocycles. The highest BCUT2D eigenvalue weighted by Gasteiger charge is 2.29. The minimum absolute atomic E-state index is 0.0810. The lowest BCUT2D eigenvalue weighted by molar-refractivity contribution is -0.120. The summed E-state index contributed by atoms with van der Waals surface area (Å²) < 4.78 is 25.8. The van der Waals surface area contributed by atoms with Gasteiger partial charge in [-0.3, -0.25) is 9.59 Å². The summed E-state index contributed by atoms with van der Waals surface area (Å²) in [5, 5.41) is 0. The molecule has 1 rings (SSSR count). The molecule has 1 aromatic carbocycles. The highest BCUT2D eigenvalue weighted by atomic mass is 32.2. The van der Waals surface area contributed by atoms with E-state index in [4.69, 9.17) is 17.2 Å². The van der Waals surface area contributed by atoms with Crippen LogP contribution >= 0.6 is 0 Å². The molecule has 0 aromatic heterocycles. The van der Waals surface area contributed by atoms with Gasteiger partial charge in [0.1, 0.15) is 0 Å². The van der Waals surface area contributed by atoms with Crippen LogP contribution in [0.2, 0.25) is 0 Å². The van der Waals surface area contributed by atoms with E-state index in [0.717, 1.165) is 0 Å². The van der Waals surface area contributed by atoms with Crippen LogP contribution in [0, 0.1) is 13.8 Å². The third kappa shape index (κ3) is 3.92. The lowest BCUT2D eigenvalue weighted by Crippen LogP contribution is -2.43. The molecule has 116 valence electrons. The van der Waals surface area contributed by atoms with Gasteiger partial charge in [-0.2, -0.15) is 4.31 Å². The molecule has 0 aliphatic rings. The number of aryl methyl sites for hydroxylation is 1. The van der Waals surface area contributed by atoms with Crippen molar-refractivity contribution in [2.24, 2.45) is 11.5 Å². The van der Waals surface area contributed by atoms with E-state index in [1.165, 1.54) is 13.0 Å². The Balaban J connectivity index is 3.41. The first kappa shape index (κ1) is 16.9. The molecule has 2 amide bonds. The molecule has 0 fully saturated rings. The van der Waals surface area contributed by atoms with Gasteiger partial charge in [-0.25, -0.2) is 8.42 Å². The van der Waals surface area contributed by atoms with Crippen molar-refractivity contribution in [3.63, 3.8) is 0 Å². The quantitative estimate of drug-likeness (QED) is 0.566. The lowest BCUT2D eigenvalue weighted by Gasteiger charge is -2.21. The molecule has 0 atom stereocenters. The van der Waals surface area contributed by atoms with Crippen molar-refractivity contribution in [2.75, 3.05) is 18.8 Å². The summed E-state index contributed by atoms with van der Waals surface area (Å²) in [7, 11) is -4.12. The monoisotopic (exact) mass is 314 g/mol. The number of carbonyl (C=O) groups excluding carboxylic acids is 2. The number of carbonyl (C=O) groups is 2. The first-order chi connectivity index (χ1) is 9.55. The molecule has 9 heteroatoms. The van der Waals surface area contributed by atoms with Crippen molar-refractivity contribution in [1.82, 2.24) is 4.31 Å². The number of primary amides is 2. The molecular weight excluding hydrogens is 296 g/mol. The second-order valence-electron chi connectivity index (χ2n) is 4.68. The predicted octanol–water partition coefficient (Wildman–Crippen LogP) is -1.15. The smallest absolute Gasteiger partial charge is 0.244 e. The van der Waals surface area contributed by atoms with E-state index in [1.54, 1.807) is 13.0 Å². The van der Waals surface area contributed by atoms with Gasteiger partial charge in [0.05, 0.1) is 18.0 Å². The Morgan fingerprint density at radius 1 is 1.10 bits per heavy atom. The van der Waals surface area contributed by atoms with Gasteiger partial charge in [0.25, 0.3) is 0 Å². The summed E-state index contributed by atoms with van der Waals surface area (Å²) in [5.41, 5.74) is 17.1. The van der Waals surface area contributed by atoms with Crippen molar-refractivity contribution in [2.45, 2.75) is 18.7 Å². The molecule has 0 aliphatic heterocycles. The number of nitrogens with two attached hydrogens (primary N) is 3. The van der Waals surface area contributed by atoms with Crippen molar-refractivity contribution in [3.8, 4) is 0 Å². The third-order valence-electron chi connectivity index (χ3n) is 2.83. The van der Waals surface area contributed by atoms with Crippen LogP contribution in [-0.2, 0) is 19.6 Å². The molecule has 0 spiro atoms. The Morgan fingerprint density at radius 3 is 2.00 bits per heavy atom. The number of nitrogen functional groups attached to an aromatic ring is 1. The van der Waals surface area contributed by atoms with Gasteiger partial charge in [0.15, 0.2) is 0 Å². The molecular formula is C12H18N4O4S. The van der Waals surface area contributed by atoms with Crippen molar-refractivity contribution < 1.29 is 18.0 Å². The molecule has 8 nitrogen and oxygen atoms in total. The van der Waals surface area contributed by atoms with Crippen LogP contribution in [0.25, 0.3) is 0 Å². The summed E-state index contributed by atoms with van der Waals surface area (Å²) in [6, 6.07) is 3.04. The van der Waals surface area contributed by atoms with Gasteiger partial charge >= 0.3 is 0 Å². The fraction of sp³-hybridized carbons (Fsp3) is 0.333. The van der Waals surface area contributed by atoms with E-state index in [2.05, 4.69) is 0 Å². The zero-order valence-electron chi connectivity index (χ0n) is 11.8. The van der Waals surface area contributed by atoms with Gasteiger partial charge in [-0.1, -0.05) is 0 Å². The van der Waals surface area contributed by atoms with E-state index in [0.29, 0.717) is 21.1 Å². The Bertz CT molecular complexity index is 669. The van der Waals surface area contributed by atoms with Crippen LogP contribution in [0.15, 0.2) is 17.0 Å². The molecule has 0 heterocycles. The second-order valence-corrected chi connectivity index (χ2v) is 6.59. The number of sulfonamides is 1. The van der Waals surface area contributed by atoms with Crippen LogP contribution in [-0.4, -0.2) is 37.6 Å². The van der Waals surface area contributed by atoms with Gasteiger partial charge < -0.3 is 17.2 Å². The SMILES string of the molecule is Cc1cc(N)c(C)c(S(=O)(=O)N(CC(N)=O)CC(N)=O)c1. The first-order valence-corrected chi connectivity index (χ1v) is 7.43. The minimum Gasteiger partial charge on any atom is -0.398 e. The highest BCUT2D eigenvalue weighted by molar-refractivity contribution is 7.89. The fourth-order valence-electron chi connectivity index (χ4n) is 1.83. The van der Waals surface area contributed by atoms with Gasteiger partial charge in [0, 0.05) is 5.69 Å². The maximum Gasteiger partial charge on any atom is 0.244 e. The standard InChI is InChI=1S/C12H18N4O4S/c1-7-3-9(13)8(2)10(4-7)21(19,20)16(5-11(14)17)6-12(15)18/h3-4H,5-6,13H2,1-2H3,(H2,14,17)(H2,15,18). The van der Waals surface area contributed by atoms with Crippen LogP contribution in [0.4, 0.5) is 5.69 Å². The van der Waals surface area contributed by atoms with E-state index >= 15 is 0 Å². The number of rotatable bonds is 6. The summed E-state index contributed by atoms with van der Waals surface area (Å²) in [4.78, 5) is 22.0. The maximum absolute atomic E-state index is 12.6. The number of benzene rings is 1. The molecule has 1 aromatic rings. The number of anilines is 1. The number of amides is 2. The summed E-state index contributed by atoms with van der Waals surface area (Å²) in [6.45, 7) is 1.94. The summed E-state index contributed by atoms with van der Waals surface area (Å²) >= 11 is 0. The number of hydrogen-bond donors (Lipinski definition) is 3. The minimum atomic E-state index is -4.12. The number of nitrogens with zero attached hydrogens (tertiary/aromatic N) is 1. The number of hydrogen-bond acceptors (Lipinski definition) is 5. The normalized spacial score (nSPS) is 11.6. The Labute approximate surface area is 122 Å². The highest BCUT2D eigenvalue weighted by Crippen LogP contribution is 2.25. The maximum atomic E-state index is 12.6. The average Bonchev–Trinajstić information content (AvgIpc) is 2.31. The van der Waals surface area contributed by atoms with Crippen LogP contribution < -0.4 is 17.2 Å². The topological polar surface area (TPSA) is 150 Å². The van der Waals surface area contributed by atoms with Crippen LogP contribution in [0.3, 0.4) is 0 Å². The fourth-order valence-corrected chi connectivity index (χ4v) is 3.55. The van der Waals surface area contributed by atoms with Gasteiger partial charge in [-0.05, 0) is 37.1 Å². The van der Waals surface area contributed by atoms with Crippen molar-refractivity contribution >= 4 is 27.5 Å². The van der Waals surface area contributed by atoms with Crippen molar-refractivity contribution in [3.05, 3.63) is 23.3 Å². The lowest BCUT2D eigenvalue weighted by atomic mass is 10.1. The van der Waals surface area contributed by atoms with E-state index in [9.17, 15) is 18.0 Å². The molecule has 0 bridgehead atoms. The Kier molecular flexibility index (Phi) is 4.92. The van der Waals surface area contributed by atoms with E-state index in [1.807, 2.05) is 0 Å². The molecule has 0 saturated heterocycles. The largest absolute Gasteiger partial charge is 0.398 e.